The molecule has 0 saturated heterocycles. The van der Waals surface area contributed by atoms with Gasteiger partial charge < -0.3 is 4.74 Å². The first kappa shape index (κ1) is 14.1. The van der Waals surface area contributed by atoms with Gasteiger partial charge in [0.2, 0.25) is 0 Å². The molecule has 0 amide bonds. The first-order valence-corrected chi connectivity index (χ1v) is 8.46. The second kappa shape index (κ2) is 6.73. The minimum Gasteiger partial charge on any atom is -0.492 e. The highest BCUT2D eigenvalue weighted by Gasteiger charge is 2.12. The van der Waals surface area contributed by atoms with E-state index in [2.05, 4.69) is 67.7 Å². The van der Waals surface area contributed by atoms with E-state index in [4.69, 9.17) is 4.74 Å². The van der Waals surface area contributed by atoms with Crippen LogP contribution in [0.3, 0.4) is 0 Å². The summed E-state index contributed by atoms with van der Waals surface area (Å²) in [4.78, 5) is 0.236. The zero-order chi connectivity index (χ0) is 13.0. The number of halogens is 2. The Kier molecular flexibility index (Phi) is 5.27. The van der Waals surface area contributed by atoms with Crippen LogP contribution in [0.25, 0.3) is 0 Å². The van der Waals surface area contributed by atoms with Crippen LogP contribution in [0.15, 0.2) is 39.5 Å². The lowest BCUT2D eigenvalue weighted by Crippen LogP contribution is -1.97. The molecule has 1 aromatic heterocycles. The molecule has 1 aromatic carbocycles. The van der Waals surface area contributed by atoms with Gasteiger partial charge in [-0.25, -0.2) is 0 Å². The quantitative estimate of drug-likeness (QED) is 0.588. The van der Waals surface area contributed by atoms with E-state index in [-0.39, 0.29) is 4.83 Å². The highest BCUT2D eigenvalue weighted by molar-refractivity contribution is 9.10. The molecule has 0 aliphatic carbocycles. The molecule has 0 spiro atoms. The summed E-state index contributed by atoms with van der Waals surface area (Å²) in [6.07, 6.45) is 1.02. The van der Waals surface area contributed by atoms with Gasteiger partial charge in [-0.05, 0) is 62.4 Å². The fourth-order valence-corrected chi connectivity index (χ4v) is 3.56. The van der Waals surface area contributed by atoms with Crippen LogP contribution in [0.2, 0.25) is 0 Å². The van der Waals surface area contributed by atoms with E-state index in [1.54, 1.807) is 11.3 Å². The molecule has 0 fully saturated rings. The second-order valence-corrected chi connectivity index (χ2v) is 6.51. The van der Waals surface area contributed by atoms with Crippen LogP contribution < -0.4 is 4.74 Å². The maximum atomic E-state index is 5.65. The third-order valence-corrected chi connectivity index (χ3v) is 4.92. The smallest absolute Gasteiger partial charge is 0.133 e. The maximum absolute atomic E-state index is 5.65. The standard InChI is InChI=1S/C14H14Br2OS/c1-2-6-17-13-4-3-10(8-12(13)15)14(16)11-5-7-18-9-11/h3-5,7-9,14H,2,6H2,1H3. The average molecular weight is 390 g/mol. The molecule has 0 radical (unpaired) electrons. The Morgan fingerprint density at radius 3 is 2.72 bits per heavy atom. The Bertz CT molecular complexity index is 497. The monoisotopic (exact) mass is 388 g/mol. The highest BCUT2D eigenvalue weighted by Crippen LogP contribution is 2.36. The molecule has 0 aliphatic heterocycles. The molecular weight excluding hydrogens is 376 g/mol. The molecule has 0 saturated carbocycles. The summed E-state index contributed by atoms with van der Waals surface area (Å²) in [5.41, 5.74) is 2.51. The lowest BCUT2D eigenvalue weighted by Gasteiger charge is -2.12. The summed E-state index contributed by atoms with van der Waals surface area (Å²) in [5.74, 6) is 0.908. The summed E-state index contributed by atoms with van der Waals surface area (Å²) < 4.78 is 6.66. The van der Waals surface area contributed by atoms with Crippen molar-refractivity contribution in [3.63, 3.8) is 0 Å². The summed E-state index contributed by atoms with van der Waals surface area (Å²) >= 11 is 9.01. The predicted molar refractivity (Wildman–Crippen MR) is 85.0 cm³/mol. The Labute approximate surface area is 128 Å². The van der Waals surface area contributed by atoms with Crippen molar-refractivity contribution in [3.05, 3.63) is 50.6 Å². The van der Waals surface area contributed by atoms with Gasteiger partial charge in [-0.3, -0.25) is 0 Å². The molecule has 96 valence electrons. The molecular formula is C14H14Br2OS. The number of ether oxygens (including phenoxy) is 1. The fourth-order valence-electron chi connectivity index (χ4n) is 1.62. The normalized spacial score (nSPS) is 12.4. The molecule has 0 N–H and O–H groups in total. The van der Waals surface area contributed by atoms with Crippen molar-refractivity contribution in [2.45, 2.75) is 18.2 Å². The van der Waals surface area contributed by atoms with Crippen LogP contribution in [0.1, 0.15) is 29.3 Å². The zero-order valence-electron chi connectivity index (χ0n) is 10.0. The van der Waals surface area contributed by atoms with Gasteiger partial charge >= 0.3 is 0 Å². The van der Waals surface area contributed by atoms with Crippen molar-refractivity contribution in [3.8, 4) is 5.75 Å². The predicted octanol–water partition coefficient (Wildman–Crippen LogP) is 5.78. The molecule has 18 heavy (non-hydrogen) atoms. The zero-order valence-corrected chi connectivity index (χ0v) is 14.0. The van der Waals surface area contributed by atoms with Crippen LogP contribution in [-0.2, 0) is 0 Å². The number of hydrogen-bond acceptors (Lipinski definition) is 2. The Hall–Kier alpha value is -0.320. The number of benzene rings is 1. The summed E-state index contributed by atoms with van der Waals surface area (Å²) in [7, 11) is 0. The van der Waals surface area contributed by atoms with E-state index >= 15 is 0 Å². The van der Waals surface area contributed by atoms with Crippen molar-refractivity contribution in [1.29, 1.82) is 0 Å². The average Bonchev–Trinajstić information content (AvgIpc) is 2.90. The van der Waals surface area contributed by atoms with Crippen LogP contribution in [0.4, 0.5) is 0 Å². The highest BCUT2D eigenvalue weighted by atomic mass is 79.9. The Balaban J connectivity index is 2.18. The summed E-state index contributed by atoms with van der Waals surface area (Å²) in [6.45, 7) is 2.85. The number of hydrogen-bond donors (Lipinski definition) is 0. The Morgan fingerprint density at radius 1 is 1.28 bits per heavy atom. The van der Waals surface area contributed by atoms with Crippen molar-refractivity contribution in [2.75, 3.05) is 6.61 Å². The molecule has 2 aromatic rings. The van der Waals surface area contributed by atoms with Crippen LogP contribution in [0, 0.1) is 0 Å². The SMILES string of the molecule is CCCOc1ccc(C(Br)c2ccsc2)cc1Br. The van der Waals surface area contributed by atoms with Gasteiger partial charge in [-0.1, -0.05) is 28.9 Å². The van der Waals surface area contributed by atoms with Gasteiger partial charge in [-0.2, -0.15) is 11.3 Å². The molecule has 1 atom stereocenters. The van der Waals surface area contributed by atoms with Gasteiger partial charge in [0.25, 0.3) is 0 Å². The minimum atomic E-state index is 0.236. The first-order chi connectivity index (χ1) is 8.72. The van der Waals surface area contributed by atoms with Crippen molar-refractivity contribution >= 4 is 43.2 Å². The van der Waals surface area contributed by atoms with E-state index in [1.165, 1.54) is 11.1 Å². The van der Waals surface area contributed by atoms with E-state index in [1.807, 2.05) is 6.07 Å². The van der Waals surface area contributed by atoms with E-state index in [0.717, 1.165) is 23.2 Å². The van der Waals surface area contributed by atoms with Gasteiger partial charge in [0.1, 0.15) is 5.75 Å². The Morgan fingerprint density at radius 2 is 2.11 bits per heavy atom. The van der Waals surface area contributed by atoms with Crippen LogP contribution in [0.5, 0.6) is 5.75 Å². The van der Waals surface area contributed by atoms with Gasteiger partial charge in [0.05, 0.1) is 15.9 Å². The van der Waals surface area contributed by atoms with Crippen molar-refractivity contribution < 1.29 is 4.74 Å². The largest absolute Gasteiger partial charge is 0.492 e. The second-order valence-electron chi connectivity index (χ2n) is 3.96. The molecule has 1 unspecified atom stereocenters. The van der Waals surface area contributed by atoms with Crippen LogP contribution in [-0.4, -0.2) is 6.61 Å². The van der Waals surface area contributed by atoms with E-state index in [0.29, 0.717) is 0 Å². The number of rotatable bonds is 5. The third-order valence-electron chi connectivity index (χ3n) is 2.55. The van der Waals surface area contributed by atoms with Crippen molar-refractivity contribution in [2.24, 2.45) is 0 Å². The number of thiophene rings is 1. The summed E-state index contributed by atoms with van der Waals surface area (Å²) in [6, 6.07) is 8.38. The first-order valence-electron chi connectivity index (χ1n) is 5.80. The lowest BCUT2D eigenvalue weighted by atomic mass is 10.1. The van der Waals surface area contributed by atoms with Crippen molar-refractivity contribution in [1.82, 2.24) is 0 Å². The lowest BCUT2D eigenvalue weighted by molar-refractivity contribution is 0.315. The van der Waals surface area contributed by atoms with Gasteiger partial charge in [0.15, 0.2) is 0 Å². The topological polar surface area (TPSA) is 9.23 Å². The number of alkyl halides is 1. The molecule has 1 nitrogen and oxygen atoms in total. The van der Waals surface area contributed by atoms with Gasteiger partial charge in [0, 0.05) is 0 Å². The minimum absolute atomic E-state index is 0.236. The third kappa shape index (κ3) is 3.37. The fraction of sp³-hybridized carbons (Fsp3) is 0.286. The van der Waals surface area contributed by atoms with Gasteiger partial charge in [-0.15, -0.1) is 0 Å². The molecule has 1 heterocycles. The maximum Gasteiger partial charge on any atom is 0.133 e. The van der Waals surface area contributed by atoms with E-state index < -0.39 is 0 Å². The molecule has 0 aliphatic rings. The van der Waals surface area contributed by atoms with Crippen LogP contribution >= 0.6 is 43.2 Å². The molecule has 0 bridgehead atoms. The van der Waals surface area contributed by atoms with E-state index in [9.17, 15) is 0 Å². The molecule has 2 rings (SSSR count). The summed E-state index contributed by atoms with van der Waals surface area (Å²) in [5, 5.41) is 4.26. The molecule has 4 heteroatoms.